The number of anilines is 1. The van der Waals surface area contributed by atoms with E-state index in [9.17, 15) is 14.0 Å². The molecule has 0 radical (unpaired) electrons. The van der Waals surface area contributed by atoms with Gasteiger partial charge in [-0.2, -0.15) is 5.10 Å². The summed E-state index contributed by atoms with van der Waals surface area (Å²) in [7, 11) is 1.53. The Labute approximate surface area is 191 Å². The van der Waals surface area contributed by atoms with Crippen molar-refractivity contribution in [1.29, 1.82) is 0 Å². The lowest BCUT2D eigenvalue weighted by atomic mass is 10.2. The smallest absolute Gasteiger partial charge is 0.249 e. The normalized spacial score (nSPS) is 10.6. The number of hydrogen-bond acceptors (Lipinski definition) is 5. The minimum atomic E-state index is -0.649. The maximum atomic E-state index is 13.6. The number of amides is 2. The Balaban J connectivity index is 1.51. The molecule has 0 aliphatic carbocycles. The molecule has 0 fully saturated rings. The van der Waals surface area contributed by atoms with Crippen LogP contribution in [-0.2, 0) is 16.2 Å². The summed E-state index contributed by atoms with van der Waals surface area (Å²) in [5.41, 5.74) is 5.15. The van der Waals surface area contributed by atoms with Crippen molar-refractivity contribution in [3.63, 3.8) is 0 Å². The van der Waals surface area contributed by atoms with Crippen LogP contribution in [0.5, 0.6) is 11.5 Å². The predicted molar refractivity (Wildman–Crippen MR) is 124 cm³/mol. The zero-order valence-electron chi connectivity index (χ0n) is 18.3. The van der Waals surface area contributed by atoms with Gasteiger partial charge in [-0.3, -0.25) is 9.59 Å². The fourth-order valence-electron chi connectivity index (χ4n) is 2.85. The van der Waals surface area contributed by atoms with E-state index in [2.05, 4.69) is 15.8 Å². The Morgan fingerprint density at radius 2 is 1.76 bits per heavy atom. The third-order valence-corrected chi connectivity index (χ3v) is 4.57. The van der Waals surface area contributed by atoms with E-state index in [4.69, 9.17) is 9.47 Å². The number of aryl methyl sites for hydroxylation is 1. The first-order valence-electron chi connectivity index (χ1n) is 10.2. The Morgan fingerprint density at radius 3 is 2.48 bits per heavy atom. The second-order valence-corrected chi connectivity index (χ2v) is 7.18. The summed E-state index contributed by atoms with van der Waals surface area (Å²) in [6, 6.07) is 19.0. The fraction of sp³-hybridized carbons (Fsp3) is 0.160. The summed E-state index contributed by atoms with van der Waals surface area (Å²) in [4.78, 5) is 23.8. The zero-order valence-corrected chi connectivity index (χ0v) is 18.3. The highest BCUT2D eigenvalue weighted by molar-refractivity contribution is 6.03. The highest BCUT2D eigenvalue weighted by Crippen LogP contribution is 2.28. The van der Waals surface area contributed by atoms with Crippen LogP contribution in [0.3, 0.4) is 0 Å². The molecule has 0 saturated carbocycles. The van der Waals surface area contributed by atoms with Gasteiger partial charge in [-0.05, 0) is 48.4 Å². The molecule has 0 saturated heterocycles. The molecule has 0 aliphatic rings. The van der Waals surface area contributed by atoms with Gasteiger partial charge >= 0.3 is 0 Å². The molecule has 2 amide bonds. The number of carbonyl (C=O) groups excluding carboxylic acids is 2. The molecule has 33 heavy (non-hydrogen) atoms. The molecule has 3 aromatic carbocycles. The molecule has 0 atom stereocenters. The second kappa shape index (κ2) is 11.4. The summed E-state index contributed by atoms with van der Waals surface area (Å²) in [6.45, 7) is 2.42. The summed E-state index contributed by atoms with van der Waals surface area (Å²) in [6.07, 6.45) is 0.916. The van der Waals surface area contributed by atoms with Crippen molar-refractivity contribution < 1.29 is 23.5 Å². The Morgan fingerprint density at radius 1 is 1.00 bits per heavy atom. The van der Waals surface area contributed by atoms with Gasteiger partial charge in [-0.25, -0.2) is 9.82 Å². The Bertz CT molecular complexity index is 1150. The van der Waals surface area contributed by atoms with Crippen LogP contribution in [0.1, 0.15) is 23.1 Å². The lowest BCUT2D eigenvalue weighted by Crippen LogP contribution is -2.24. The van der Waals surface area contributed by atoms with Gasteiger partial charge in [0.2, 0.25) is 11.8 Å². The largest absolute Gasteiger partial charge is 0.493 e. The summed E-state index contributed by atoms with van der Waals surface area (Å²) < 4.78 is 24.8. The SMILES string of the molecule is COc1cc(C=NNC(=O)CC(=O)Nc2ccccc2F)ccc1OCc1ccc(C)cc1. The van der Waals surface area contributed by atoms with Crippen LogP contribution in [0.4, 0.5) is 10.1 Å². The molecule has 0 unspecified atom stereocenters. The van der Waals surface area contributed by atoms with Crippen LogP contribution in [-0.4, -0.2) is 25.1 Å². The predicted octanol–water partition coefficient (Wildman–Crippen LogP) is 4.20. The number of para-hydroxylation sites is 1. The number of nitrogens with one attached hydrogen (secondary N) is 2. The van der Waals surface area contributed by atoms with Crippen LogP contribution >= 0.6 is 0 Å². The quantitative estimate of drug-likeness (QED) is 0.291. The minimum Gasteiger partial charge on any atom is -0.493 e. The van der Waals surface area contributed by atoms with E-state index < -0.39 is 24.1 Å². The van der Waals surface area contributed by atoms with E-state index in [0.717, 1.165) is 5.56 Å². The molecule has 0 heterocycles. The molecule has 0 aliphatic heterocycles. The van der Waals surface area contributed by atoms with Crippen molar-refractivity contribution in [3.05, 3.63) is 89.2 Å². The number of hydrogen-bond donors (Lipinski definition) is 2. The third-order valence-electron chi connectivity index (χ3n) is 4.57. The first kappa shape index (κ1) is 23.5. The van der Waals surface area contributed by atoms with E-state index in [1.165, 1.54) is 37.1 Å². The highest BCUT2D eigenvalue weighted by atomic mass is 19.1. The van der Waals surface area contributed by atoms with Gasteiger partial charge < -0.3 is 14.8 Å². The van der Waals surface area contributed by atoms with Gasteiger partial charge in [0.1, 0.15) is 18.8 Å². The van der Waals surface area contributed by atoms with Gasteiger partial charge in [-0.1, -0.05) is 42.0 Å². The van der Waals surface area contributed by atoms with E-state index in [1.807, 2.05) is 31.2 Å². The Hall–Kier alpha value is -4.20. The maximum absolute atomic E-state index is 13.6. The van der Waals surface area contributed by atoms with Gasteiger partial charge in [0.25, 0.3) is 0 Å². The molecular formula is C25H24FN3O4. The minimum absolute atomic E-state index is 0.00980. The van der Waals surface area contributed by atoms with Gasteiger partial charge in [-0.15, -0.1) is 0 Å². The number of methoxy groups -OCH3 is 1. The van der Waals surface area contributed by atoms with Gasteiger partial charge in [0, 0.05) is 0 Å². The standard InChI is InChI=1S/C25H24FN3O4/c1-17-7-9-18(10-8-17)16-33-22-12-11-19(13-23(22)32-2)15-27-29-25(31)14-24(30)28-21-6-4-3-5-20(21)26/h3-13,15H,14,16H2,1-2H3,(H,28,30)(H,29,31). The molecular weight excluding hydrogens is 425 g/mol. The third kappa shape index (κ3) is 7.17. The van der Waals surface area contributed by atoms with Crippen LogP contribution in [0, 0.1) is 12.7 Å². The molecule has 3 rings (SSSR count). The molecule has 0 aromatic heterocycles. The van der Waals surface area contributed by atoms with E-state index in [1.54, 1.807) is 24.3 Å². The second-order valence-electron chi connectivity index (χ2n) is 7.18. The number of benzene rings is 3. The van der Waals surface area contributed by atoms with E-state index >= 15 is 0 Å². The summed E-state index contributed by atoms with van der Waals surface area (Å²) in [5.74, 6) is -0.773. The molecule has 2 N–H and O–H groups in total. The topological polar surface area (TPSA) is 89.0 Å². The summed E-state index contributed by atoms with van der Waals surface area (Å²) >= 11 is 0. The molecule has 8 heteroatoms. The first-order valence-corrected chi connectivity index (χ1v) is 10.2. The molecule has 0 spiro atoms. The number of hydrazone groups is 1. The number of carbonyl (C=O) groups is 2. The van der Waals surface area contributed by atoms with Crippen LogP contribution in [0.15, 0.2) is 71.8 Å². The fourth-order valence-corrected chi connectivity index (χ4v) is 2.85. The van der Waals surface area contributed by atoms with Crippen molar-refractivity contribution in [2.45, 2.75) is 20.0 Å². The lowest BCUT2D eigenvalue weighted by molar-refractivity contribution is -0.126. The van der Waals surface area contributed by atoms with Gasteiger partial charge in [0.05, 0.1) is 19.0 Å². The van der Waals surface area contributed by atoms with Crippen LogP contribution in [0.25, 0.3) is 0 Å². The average Bonchev–Trinajstić information content (AvgIpc) is 2.80. The monoisotopic (exact) mass is 449 g/mol. The first-order chi connectivity index (χ1) is 15.9. The molecule has 3 aromatic rings. The van der Waals surface area contributed by atoms with Gasteiger partial charge in [0.15, 0.2) is 11.5 Å². The van der Waals surface area contributed by atoms with Crippen molar-refractivity contribution >= 4 is 23.7 Å². The Kier molecular flexibility index (Phi) is 8.13. The van der Waals surface area contributed by atoms with Crippen molar-refractivity contribution in [2.75, 3.05) is 12.4 Å². The average molecular weight is 449 g/mol. The molecule has 170 valence electrons. The van der Waals surface area contributed by atoms with E-state index in [0.29, 0.717) is 23.7 Å². The van der Waals surface area contributed by atoms with Crippen molar-refractivity contribution in [1.82, 2.24) is 5.43 Å². The van der Waals surface area contributed by atoms with Crippen LogP contribution < -0.4 is 20.2 Å². The molecule has 7 nitrogen and oxygen atoms in total. The van der Waals surface area contributed by atoms with Crippen molar-refractivity contribution in [2.24, 2.45) is 5.10 Å². The van der Waals surface area contributed by atoms with E-state index in [-0.39, 0.29) is 5.69 Å². The zero-order chi connectivity index (χ0) is 23.6. The number of ether oxygens (including phenoxy) is 2. The number of nitrogens with zero attached hydrogens (tertiary/aromatic N) is 1. The molecule has 0 bridgehead atoms. The number of rotatable bonds is 9. The highest BCUT2D eigenvalue weighted by Gasteiger charge is 2.11. The number of halogens is 1. The lowest BCUT2D eigenvalue weighted by Gasteiger charge is -2.11. The van der Waals surface area contributed by atoms with Crippen molar-refractivity contribution in [3.8, 4) is 11.5 Å². The summed E-state index contributed by atoms with van der Waals surface area (Å²) in [5, 5.41) is 6.19. The maximum Gasteiger partial charge on any atom is 0.249 e. The van der Waals surface area contributed by atoms with Crippen LogP contribution in [0.2, 0.25) is 0 Å².